The number of fused-ring (bicyclic) bond motifs is 3. The number of para-hydroxylation sites is 1. The minimum Gasteiger partial charge on any atom is -0.333 e. The predicted molar refractivity (Wildman–Crippen MR) is 138 cm³/mol. The van der Waals surface area contributed by atoms with Gasteiger partial charge in [0.25, 0.3) is 0 Å². The highest BCUT2D eigenvalue weighted by Gasteiger charge is 2.38. The van der Waals surface area contributed by atoms with Gasteiger partial charge in [-0.15, -0.1) is 0 Å². The minimum atomic E-state index is -0.338. The fraction of sp³-hybridized carbons (Fsp3) is 0.226. The second kappa shape index (κ2) is 7.59. The van der Waals surface area contributed by atoms with Crippen molar-refractivity contribution in [3.05, 3.63) is 108 Å². The average Bonchev–Trinajstić information content (AvgIpc) is 3.01. The van der Waals surface area contributed by atoms with Crippen molar-refractivity contribution in [1.29, 1.82) is 0 Å². The Hall–Kier alpha value is -3.39. The molecule has 0 atom stereocenters. The van der Waals surface area contributed by atoms with E-state index in [1.165, 1.54) is 11.1 Å². The molecule has 33 heavy (non-hydrogen) atoms. The maximum Gasteiger partial charge on any atom is 0.147 e. The maximum absolute atomic E-state index is 15.9. The van der Waals surface area contributed by atoms with Crippen LogP contribution in [-0.2, 0) is 5.41 Å². The van der Waals surface area contributed by atoms with Gasteiger partial charge >= 0.3 is 0 Å². The fourth-order valence-electron chi connectivity index (χ4n) is 5.26. The lowest BCUT2D eigenvalue weighted by Crippen LogP contribution is -2.38. The third-order valence-corrected chi connectivity index (χ3v) is 6.79. The molecule has 4 aromatic carbocycles. The molecule has 166 valence electrons. The molecule has 0 N–H and O–H groups in total. The SMILES string of the molecule is CC1(C)c2ccccc2-c2cc(F)c(N(c3ccccc3-c3ccccc3)C(C)(C)C)cc21. The van der Waals surface area contributed by atoms with Crippen molar-refractivity contribution in [3.8, 4) is 22.3 Å². The Bertz CT molecular complexity index is 1330. The van der Waals surface area contributed by atoms with E-state index >= 15 is 4.39 Å². The van der Waals surface area contributed by atoms with E-state index in [0.29, 0.717) is 5.69 Å². The van der Waals surface area contributed by atoms with Crippen LogP contribution in [0.1, 0.15) is 45.7 Å². The van der Waals surface area contributed by atoms with E-state index in [4.69, 9.17) is 0 Å². The standard InChI is InChI=1S/C31H30FN/c1-30(2,3)33(28-18-12-10-15-22(28)21-13-7-6-8-14-21)29-20-26-24(19-27(29)32)23-16-9-11-17-25(23)31(26,4)5/h6-20H,1-5H3. The van der Waals surface area contributed by atoms with Crippen LogP contribution in [0.2, 0.25) is 0 Å². The molecule has 0 radical (unpaired) electrons. The number of halogens is 1. The number of hydrogen-bond donors (Lipinski definition) is 0. The summed E-state index contributed by atoms with van der Waals surface area (Å²) in [5, 5.41) is 0. The first-order valence-corrected chi connectivity index (χ1v) is 11.6. The van der Waals surface area contributed by atoms with Crippen LogP contribution < -0.4 is 4.90 Å². The number of anilines is 2. The Morgan fingerprint density at radius 2 is 1.24 bits per heavy atom. The Morgan fingerprint density at radius 3 is 1.94 bits per heavy atom. The third-order valence-electron chi connectivity index (χ3n) is 6.79. The molecule has 5 rings (SSSR count). The van der Waals surface area contributed by atoms with Crippen LogP contribution in [0.3, 0.4) is 0 Å². The van der Waals surface area contributed by atoms with Gasteiger partial charge < -0.3 is 4.90 Å². The van der Waals surface area contributed by atoms with E-state index in [9.17, 15) is 0 Å². The zero-order valence-corrected chi connectivity index (χ0v) is 20.0. The lowest BCUT2D eigenvalue weighted by atomic mass is 9.82. The monoisotopic (exact) mass is 435 g/mol. The summed E-state index contributed by atoms with van der Waals surface area (Å²) < 4.78 is 15.9. The Labute approximate surface area is 196 Å². The molecule has 0 amide bonds. The first-order valence-electron chi connectivity index (χ1n) is 11.6. The largest absolute Gasteiger partial charge is 0.333 e. The van der Waals surface area contributed by atoms with Crippen LogP contribution in [0.4, 0.5) is 15.8 Å². The Balaban J connectivity index is 1.75. The lowest BCUT2D eigenvalue weighted by molar-refractivity contribution is 0.540. The van der Waals surface area contributed by atoms with Crippen LogP contribution in [0.25, 0.3) is 22.3 Å². The first-order chi connectivity index (χ1) is 15.7. The molecule has 0 fully saturated rings. The molecule has 0 unspecified atom stereocenters. The van der Waals surface area contributed by atoms with Crippen molar-refractivity contribution in [2.45, 2.75) is 45.6 Å². The number of nitrogens with zero attached hydrogens (tertiary/aromatic N) is 1. The molecule has 1 nitrogen and oxygen atoms in total. The van der Waals surface area contributed by atoms with Gasteiger partial charge in [-0.2, -0.15) is 0 Å². The number of benzene rings is 4. The van der Waals surface area contributed by atoms with Gasteiger partial charge in [-0.3, -0.25) is 0 Å². The summed E-state index contributed by atoms with van der Waals surface area (Å²) in [5.41, 5.74) is 7.87. The van der Waals surface area contributed by atoms with Gasteiger partial charge in [0, 0.05) is 22.2 Å². The molecule has 0 aliphatic heterocycles. The van der Waals surface area contributed by atoms with Crippen LogP contribution >= 0.6 is 0 Å². The second-order valence-corrected chi connectivity index (χ2v) is 10.4. The van der Waals surface area contributed by atoms with Gasteiger partial charge in [0.2, 0.25) is 0 Å². The van der Waals surface area contributed by atoms with Crippen LogP contribution in [-0.4, -0.2) is 5.54 Å². The molecule has 1 aliphatic carbocycles. The highest BCUT2D eigenvalue weighted by molar-refractivity contribution is 5.87. The fourth-order valence-corrected chi connectivity index (χ4v) is 5.26. The number of rotatable bonds is 3. The maximum atomic E-state index is 15.9. The summed E-state index contributed by atoms with van der Waals surface area (Å²) in [7, 11) is 0. The van der Waals surface area contributed by atoms with Crippen molar-refractivity contribution in [2.24, 2.45) is 0 Å². The summed E-state index contributed by atoms with van der Waals surface area (Å²) in [5.74, 6) is -0.195. The molecule has 0 spiro atoms. The summed E-state index contributed by atoms with van der Waals surface area (Å²) in [6.07, 6.45) is 0. The summed E-state index contributed by atoms with van der Waals surface area (Å²) in [6, 6.07) is 30.8. The van der Waals surface area contributed by atoms with Crippen molar-refractivity contribution in [2.75, 3.05) is 4.90 Å². The zero-order valence-electron chi connectivity index (χ0n) is 20.0. The zero-order chi connectivity index (χ0) is 23.4. The van der Waals surface area contributed by atoms with Gasteiger partial charge in [-0.05, 0) is 66.8 Å². The summed E-state index contributed by atoms with van der Waals surface area (Å²) in [4.78, 5) is 2.16. The van der Waals surface area contributed by atoms with Gasteiger partial charge in [-0.25, -0.2) is 4.39 Å². The van der Waals surface area contributed by atoms with E-state index in [1.807, 2.05) is 36.4 Å². The van der Waals surface area contributed by atoms with Crippen molar-refractivity contribution in [3.63, 3.8) is 0 Å². The van der Waals surface area contributed by atoms with Crippen LogP contribution in [0.15, 0.2) is 91.0 Å². The molecule has 0 heterocycles. The Kier molecular flexibility index (Phi) is 4.93. The van der Waals surface area contributed by atoms with Gasteiger partial charge in [-0.1, -0.05) is 86.6 Å². The minimum absolute atomic E-state index is 0.184. The molecule has 0 saturated carbocycles. The topological polar surface area (TPSA) is 3.24 Å². The normalized spacial score (nSPS) is 14.0. The first kappa shape index (κ1) is 21.5. The molecule has 0 aromatic heterocycles. The van der Waals surface area contributed by atoms with E-state index in [2.05, 4.69) is 88.0 Å². The molecule has 1 aliphatic rings. The highest BCUT2D eigenvalue weighted by Crippen LogP contribution is 2.51. The van der Waals surface area contributed by atoms with Gasteiger partial charge in [0.15, 0.2) is 0 Å². The smallest absolute Gasteiger partial charge is 0.147 e. The molecule has 0 bridgehead atoms. The quantitative estimate of drug-likeness (QED) is 0.311. The van der Waals surface area contributed by atoms with E-state index in [1.54, 1.807) is 6.07 Å². The van der Waals surface area contributed by atoms with Crippen LogP contribution in [0.5, 0.6) is 0 Å². The molecule has 0 saturated heterocycles. The second-order valence-electron chi connectivity index (χ2n) is 10.4. The summed E-state index contributed by atoms with van der Waals surface area (Å²) in [6.45, 7) is 10.9. The van der Waals surface area contributed by atoms with Crippen molar-refractivity contribution < 1.29 is 4.39 Å². The van der Waals surface area contributed by atoms with Crippen molar-refractivity contribution in [1.82, 2.24) is 0 Å². The number of hydrogen-bond acceptors (Lipinski definition) is 1. The molecule has 2 heteroatoms. The third kappa shape index (κ3) is 3.45. The van der Waals surface area contributed by atoms with Crippen LogP contribution in [0, 0.1) is 5.82 Å². The lowest BCUT2D eigenvalue weighted by Gasteiger charge is -2.40. The highest BCUT2D eigenvalue weighted by atomic mass is 19.1. The summed E-state index contributed by atoms with van der Waals surface area (Å²) >= 11 is 0. The average molecular weight is 436 g/mol. The Morgan fingerprint density at radius 1 is 0.636 bits per heavy atom. The molecular formula is C31H30FN. The van der Waals surface area contributed by atoms with Gasteiger partial charge in [0.05, 0.1) is 5.69 Å². The molecule has 4 aromatic rings. The van der Waals surface area contributed by atoms with E-state index in [0.717, 1.165) is 27.9 Å². The predicted octanol–water partition coefficient (Wildman–Crippen LogP) is 8.74. The van der Waals surface area contributed by atoms with E-state index in [-0.39, 0.29) is 16.8 Å². The van der Waals surface area contributed by atoms with Crippen molar-refractivity contribution >= 4 is 11.4 Å². The molecular weight excluding hydrogens is 405 g/mol. The van der Waals surface area contributed by atoms with Gasteiger partial charge in [0.1, 0.15) is 5.82 Å². The van der Waals surface area contributed by atoms with E-state index < -0.39 is 0 Å².